The van der Waals surface area contributed by atoms with Gasteiger partial charge in [-0.3, -0.25) is 4.79 Å². The Kier molecular flexibility index (Phi) is 4.36. The van der Waals surface area contributed by atoms with Gasteiger partial charge in [0.15, 0.2) is 0 Å². The van der Waals surface area contributed by atoms with E-state index in [0.29, 0.717) is 24.7 Å². The minimum absolute atomic E-state index is 0.627. The lowest BCUT2D eigenvalue weighted by molar-refractivity contribution is -0.151. The van der Waals surface area contributed by atoms with Gasteiger partial charge in [-0.2, -0.15) is 0 Å². The summed E-state index contributed by atoms with van der Waals surface area (Å²) >= 11 is 0. The molecular weight excluding hydrogens is 204 g/mol. The van der Waals surface area contributed by atoms with Crippen LogP contribution in [0.2, 0.25) is 0 Å². The second kappa shape index (κ2) is 5.17. The van der Waals surface area contributed by atoms with Crippen molar-refractivity contribution < 1.29 is 15.0 Å². The third-order valence-electron chi connectivity index (χ3n) is 4.25. The van der Waals surface area contributed by atoms with Gasteiger partial charge < -0.3 is 10.2 Å². The first-order chi connectivity index (χ1) is 7.37. The van der Waals surface area contributed by atoms with Crippen molar-refractivity contribution in [2.45, 2.75) is 58.5 Å². The van der Waals surface area contributed by atoms with Crippen LogP contribution in [0.25, 0.3) is 0 Å². The molecule has 16 heavy (non-hydrogen) atoms. The van der Waals surface area contributed by atoms with Gasteiger partial charge in [0, 0.05) is 0 Å². The van der Waals surface area contributed by atoms with Crippen LogP contribution in [0, 0.1) is 17.8 Å². The van der Waals surface area contributed by atoms with Crippen molar-refractivity contribution in [3.63, 3.8) is 0 Å². The normalized spacial score (nSPS) is 33.4. The molecule has 0 amide bonds. The zero-order valence-corrected chi connectivity index (χ0v) is 10.6. The van der Waals surface area contributed by atoms with Gasteiger partial charge in [0.05, 0.1) is 11.5 Å². The van der Waals surface area contributed by atoms with E-state index in [1.165, 1.54) is 0 Å². The van der Waals surface area contributed by atoms with Crippen LogP contribution in [0.5, 0.6) is 0 Å². The van der Waals surface area contributed by atoms with Crippen LogP contribution in [0.15, 0.2) is 0 Å². The lowest BCUT2D eigenvalue weighted by Gasteiger charge is -2.30. The van der Waals surface area contributed by atoms with E-state index < -0.39 is 17.5 Å². The van der Waals surface area contributed by atoms with Crippen LogP contribution in [0.1, 0.15) is 52.9 Å². The highest BCUT2D eigenvalue weighted by atomic mass is 16.4. The molecule has 1 rings (SSSR count). The van der Waals surface area contributed by atoms with Gasteiger partial charge in [-0.1, -0.05) is 26.7 Å². The Bertz CT molecular complexity index is 250. The van der Waals surface area contributed by atoms with Crippen molar-refractivity contribution in [3.8, 4) is 0 Å². The molecule has 3 nitrogen and oxygen atoms in total. The number of carboxylic acid groups (broad SMARTS) is 1. The van der Waals surface area contributed by atoms with E-state index in [0.717, 1.165) is 19.3 Å². The van der Waals surface area contributed by atoms with Crippen LogP contribution in [0.3, 0.4) is 0 Å². The van der Waals surface area contributed by atoms with Crippen LogP contribution in [-0.4, -0.2) is 21.8 Å². The van der Waals surface area contributed by atoms with Gasteiger partial charge in [-0.15, -0.1) is 0 Å². The van der Waals surface area contributed by atoms with Crippen LogP contribution in [-0.2, 0) is 4.79 Å². The predicted octanol–water partition coefficient (Wildman–Crippen LogP) is 2.67. The van der Waals surface area contributed by atoms with E-state index >= 15 is 0 Å². The highest BCUT2D eigenvalue weighted by Crippen LogP contribution is 2.37. The molecule has 0 aromatic carbocycles. The summed E-state index contributed by atoms with van der Waals surface area (Å²) in [5, 5.41) is 19.4. The fourth-order valence-electron chi connectivity index (χ4n) is 2.70. The molecule has 0 spiro atoms. The summed E-state index contributed by atoms with van der Waals surface area (Å²) in [7, 11) is 0. The molecule has 0 saturated heterocycles. The zero-order chi connectivity index (χ0) is 12.3. The second-order valence-electron chi connectivity index (χ2n) is 5.60. The van der Waals surface area contributed by atoms with Gasteiger partial charge >= 0.3 is 5.97 Å². The van der Waals surface area contributed by atoms with Crippen LogP contribution in [0.4, 0.5) is 0 Å². The molecule has 1 aliphatic carbocycles. The lowest BCUT2D eigenvalue weighted by atomic mass is 9.81. The molecule has 1 fully saturated rings. The Labute approximate surface area is 97.9 Å². The van der Waals surface area contributed by atoms with Gasteiger partial charge in [-0.25, -0.2) is 0 Å². The molecule has 0 aromatic rings. The first-order valence-electron chi connectivity index (χ1n) is 6.32. The number of hydrogen-bond donors (Lipinski definition) is 2. The minimum Gasteiger partial charge on any atom is -0.481 e. The van der Waals surface area contributed by atoms with Crippen molar-refractivity contribution in [1.29, 1.82) is 0 Å². The smallest absolute Gasteiger partial charge is 0.309 e. The zero-order valence-electron chi connectivity index (χ0n) is 10.6. The third-order valence-corrected chi connectivity index (χ3v) is 4.25. The van der Waals surface area contributed by atoms with Crippen molar-refractivity contribution in [1.82, 2.24) is 0 Å². The number of rotatable bonds is 3. The Morgan fingerprint density at radius 3 is 2.38 bits per heavy atom. The fourth-order valence-corrected chi connectivity index (χ4v) is 2.70. The van der Waals surface area contributed by atoms with Crippen molar-refractivity contribution >= 4 is 5.97 Å². The highest BCUT2D eigenvalue weighted by molar-refractivity contribution is 5.71. The molecule has 0 aromatic heterocycles. The minimum atomic E-state index is -0.991. The lowest BCUT2D eigenvalue weighted by Crippen LogP contribution is -2.40. The molecular formula is C13H24O3. The molecule has 0 bridgehead atoms. The molecule has 2 N–H and O–H groups in total. The molecule has 0 heterocycles. The van der Waals surface area contributed by atoms with E-state index in [-0.39, 0.29) is 0 Å². The summed E-state index contributed by atoms with van der Waals surface area (Å²) in [6.45, 7) is 6.03. The number of hydrogen-bond acceptors (Lipinski definition) is 2. The number of carbonyl (C=O) groups is 1. The largest absolute Gasteiger partial charge is 0.481 e. The molecule has 1 saturated carbocycles. The summed E-state index contributed by atoms with van der Waals surface area (Å²) in [6.07, 6.45) is 4.27. The highest BCUT2D eigenvalue weighted by Gasteiger charge is 2.39. The first kappa shape index (κ1) is 13.5. The van der Waals surface area contributed by atoms with E-state index in [2.05, 4.69) is 13.8 Å². The Morgan fingerprint density at radius 1 is 1.25 bits per heavy atom. The second-order valence-corrected chi connectivity index (χ2v) is 5.60. The number of carboxylic acids is 1. The van der Waals surface area contributed by atoms with Crippen LogP contribution >= 0.6 is 0 Å². The molecule has 3 unspecified atom stereocenters. The van der Waals surface area contributed by atoms with Crippen molar-refractivity contribution in [2.24, 2.45) is 17.8 Å². The Balaban J connectivity index is 2.67. The van der Waals surface area contributed by atoms with E-state index in [9.17, 15) is 9.90 Å². The summed E-state index contributed by atoms with van der Waals surface area (Å²) in [5.41, 5.74) is -0.991. The average Bonchev–Trinajstić information content (AvgIpc) is 2.40. The van der Waals surface area contributed by atoms with E-state index in [4.69, 9.17) is 5.11 Å². The molecule has 0 radical (unpaired) electrons. The standard InChI is InChI=1S/C13H24O3/c1-9(2)11-5-4-7-13(16,8-6-11)10(3)12(14)15/h9-11,16H,4-8H2,1-3H3,(H,14,15). The summed E-state index contributed by atoms with van der Waals surface area (Å²) in [6, 6.07) is 0. The maximum absolute atomic E-state index is 11.0. The molecule has 94 valence electrons. The Morgan fingerprint density at radius 2 is 1.88 bits per heavy atom. The molecule has 1 aliphatic rings. The summed E-state index contributed by atoms with van der Waals surface area (Å²) < 4.78 is 0. The maximum Gasteiger partial charge on any atom is 0.309 e. The van der Waals surface area contributed by atoms with Gasteiger partial charge in [0.1, 0.15) is 0 Å². The summed E-state index contributed by atoms with van der Waals surface area (Å²) in [5.74, 6) is -0.276. The summed E-state index contributed by atoms with van der Waals surface area (Å²) in [4.78, 5) is 11.0. The monoisotopic (exact) mass is 228 g/mol. The predicted molar refractivity (Wildman–Crippen MR) is 63.2 cm³/mol. The molecule has 3 heteroatoms. The molecule has 0 aliphatic heterocycles. The first-order valence-corrected chi connectivity index (χ1v) is 6.32. The van der Waals surface area contributed by atoms with Gasteiger partial charge in [-0.05, 0) is 38.0 Å². The quantitative estimate of drug-likeness (QED) is 0.730. The van der Waals surface area contributed by atoms with Gasteiger partial charge in [0.25, 0.3) is 0 Å². The van der Waals surface area contributed by atoms with Gasteiger partial charge in [0.2, 0.25) is 0 Å². The average molecular weight is 228 g/mol. The third kappa shape index (κ3) is 2.97. The van der Waals surface area contributed by atoms with Crippen molar-refractivity contribution in [2.75, 3.05) is 0 Å². The van der Waals surface area contributed by atoms with E-state index in [1.807, 2.05) is 0 Å². The van der Waals surface area contributed by atoms with Crippen molar-refractivity contribution in [3.05, 3.63) is 0 Å². The topological polar surface area (TPSA) is 57.5 Å². The Hall–Kier alpha value is -0.570. The SMILES string of the molecule is CC(C)C1CCCC(O)(C(C)C(=O)O)CC1. The maximum atomic E-state index is 11.0. The molecule has 3 atom stereocenters. The van der Waals surface area contributed by atoms with E-state index in [1.54, 1.807) is 6.92 Å². The fraction of sp³-hybridized carbons (Fsp3) is 0.923. The van der Waals surface area contributed by atoms with Crippen LogP contribution < -0.4 is 0 Å². The number of aliphatic carboxylic acids is 1. The number of aliphatic hydroxyl groups is 1.